The molecule has 1 heterocycles. The fourth-order valence-corrected chi connectivity index (χ4v) is 2.86. The van der Waals surface area contributed by atoms with Gasteiger partial charge in [0.05, 0.1) is 0 Å². The van der Waals surface area contributed by atoms with E-state index in [9.17, 15) is 9.18 Å². The summed E-state index contributed by atoms with van der Waals surface area (Å²) in [7, 11) is 0. The topological polar surface area (TPSA) is 29.1 Å². The molecule has 1 aromatic carbocycles. The summed E-state index contributed by atoms with van der Waals surface area (Å²) in [6.45, 7) is 0.713. The molecule has 1 aromatic rings. The summed E-state index contributed by atoms with van der Waals surface area (Å²) in [5.74, 6) is -0.0599. The van der Waals surface area contributed by atoms with Gasteiger partial charge in [-0.15, -0.1) is 0 Å². The number of aryl methyl sites for hydroxylation is 1. The van der Waals surface area contributed by atoms with E-state index in [2.05, 4.69) is 5.32 Å². The second kappa shape index (κ2) is 2.81. The van der Waals surface area contributed by atoms with E-state index in [4.69, 9.17) is 0 Å². The van der Waals surface area contributed by atoms with Gasteiger partial charge in [-0.25, -0.2) is 4.39 Å². The van der Waals surface area contributed by atoms with E-state index in [1.165, 1.54) is 11.6 Å². The van der Waals surface area contributed by atoms with Crippen LogP contribution in [0, 0.1) is 5.82 Å². The van der Waals surface area contributed by atoms with Crippen molar-refractivity contribution in [2.45, 2.75) is 24.7 Å². The van der Waals surface area contributed by atoms with Crippen LogP contribution in [0.25, 0.3) is 0 Å². The minimum atomic E-state index is -0.178. The van der Waals surface area contributed by atoms with Crippen molar-refractivity contribution in [1.29, 1.82) is 0 Å². The van der Waals surface area contributed by atoms with Crippen molar-refractivity contribution in [3.63, 3.8) is 0 Å². The highest BCUT2D eigenvalue weighted by Crippen LogP contribution is 2.43. The number of amides is 1. The van der Waals surface area contributed by atoms with Gasteiger partial charge in [0.15, 0.2) is 0 Å². The molecule has 1 N–H and O–H groups in total. The molecule has 2 nitrogen and oxygen atoms in total. The highest BCUT2D eigenvalue weighted by molar-refractivity contribution is 5.81. The van der Waals surface area contributed by atoms with Crippen LogP contribution in [0.3, 0.4) is 0 Å². The van der Waals surface area contributed by atoms with Crippen molar-refractivity contribution in [1.82, 2.24) is 5.32 Å². The number of hydrogen-bond donors (Lipinski definition) is 1. The zero-order chi connectivity index (χ0) is 10.5. The molecule has 0 aromatic heterocycles. The van der Waals surface area contributed by atoms with Gasteiger partial charge in [0.1, 0.15) is 5.82 Å². The number of carbonyl (C=O) groups is 1. The first-order valence-electron chi connectivity index (χ1n) is 5.25. The standard InChI is InChI=1S/C12H12FNO/c13-9-1-2-10-8(5-9)3-4-12(10)6-11(15)14-7-12/h1-2,5H,3-4,6-7H2,(H,14,15). The Bertz CT molecular complexity index is 443. The predicted molar refractivity (Wildman–Crippen MR) is 54.0 cm³/mol. The van der Waals surface area contributed by atoms with Crippen molar-refractivity contribution in [3.05, 3.63) is 35.1 Å². The molecule has 0 radical (unpaired) electrons. The third kappa shape index (κ3) is 1.19. The summed E-state index contributed by atoms with van der Waals surface area (Å²) in [4.78, 5) is 11.3. The number of nitrogens with one attached hydrogen (secondary N) is 1. The Labute approximate surface area is 87.5 Å². The minimum Gasteiger partial charge on any atom is -0.355 e. The molecule has 0 bridgehead atoms. The van der Waals surface area contributed by atoms with E-state index in [0.29, 0.717) is 13.0 Å². The Morgan fingerprint density at radius 1 is 1.40 bits per heavy atom. The molecular weight excluding hydrogens is 193 g/mol. The molecule has 1 spiro atoms. The van der Waals surface area contributed by atoms with E-state index >= 15 is 0 Å². The lowest BCUT2D eigenvalue weighted by Crippen LogP contribution is -2.25. The van der Waals surface area contributed by atoms with E-state index in [0.717, 1.165) is 18.4 Å². The van der Waals surface area contributed by atoms with Crippen LogP contribution < -0.4 is 5.32 Å². The Morgan fingerprint density at radius 3 is 3.00 bits per heavy atom. The molecule has 15 heavy (non-hydrogen) atoms. The molecule has 2 aliphatic rings. The molecule has 1 amide bonds. The molecule has 0 saturated carbocycles. The van der Waals surface area contributed by atoms with Crippen LogP contribution in [-0.2, 0) is 16.6 Å². The van der Waals surface area contributed by atoms with Gasteiger partial charge in [0, 0.05) is 18.4 Å². The average molecular weight is 205 g/mol. The maximum Gasteiger partial charge on any atom is 0.220 e. The molecule has 78 valence electrons. The zero-order valence-corrected chi connectivity index (χ0v) is 8.35. The highest BCUT2D eigenvalue weighted by Gasteiger charge is 2.44. The summed E-state index contributed by atoms with van der Waals surface area (Å²) in [6.07, 6.45) is 2.41. The van der Waals surface area contributed by atoms with Crippen LogP contribution in [0.2, 0.25) is 0 Å². The van der Waals surface area contributed by atoms with Crippen LogP contribution in [0.4, 0.5) is 4.39 Å². The number of halogens is 1. The number of hydrogen-bond acceptors (Lipinski definition) is 1. The second-order valence-corrected chi connectivity index (χ2v) is 4.54. The first-order chi connectivity index (χ1) is 7.20. The largest absolute Gasteiger partial charge is 0.355 e. The summed E-state index contributed by atoms with van der Waals surface area (Å²) in [5, 5.41) is 2.88. The lowest BCUT2D eigenvalue weighted by atomic mass is 9.81. The monoisotopic (exact) mass is 205 g/mol. The molecule has 1 atom stereocenters. The normalized spacial score (nSPS) is 28.2. The summed E-state index contributed by atoms with van der Waals surface area (Å²) in [5.41, 5.74) is 2.20. The van der Waals surface area contributed by atoms with Crippen LogP contribution in [-0.4, -0.2) is 12.5 Å². The number of fused-ring (bicyclic) bond motifs is 2. The van der Waals surface area contributed by atoms with Crippen molar-refractivity contribution < 1.29 is 9.18 Å². The van der Waals surface area contributed by atoms with Crippen LogP contribution >= 0.6 is 0 Å². The number of rotatable bonds is 0. The van der Waals surface area contributed by atoms with Gasteiger partial charge in [0.2, 0.25) is 5.91 Å². The third-order valence-corrected chi connectivity index (χ3v) is 3.63. The van der Waals surface area contributed by atoms with Gasteiger partial charge < -0.3 is 5.32 Å². The maximum absolute atomic E-state index is 13.0. The third-order valence-electron chi connectivity index (χ3n) is 3.63. The molecule has 3 rings (SSSR count). The quantitative estimate of drug-likeness (QED) is 0.683. The fourth-order valence-electron chi connectivity index (χ4n) is 2.86. The Morgan fingerprint density at radius 2 is 2.27 bits per heavy atom. The lowest BCUT2D eigenvalue weighted by Gasteiger charge is -2.21. The van der Waals surface area contributed by atoms with Crippen LogP contribution in [0.5, 0.6) is 0 Å². The minimum absolute atomic E-state index is 0.0416. The fraction of sp³-hybridized carbons (Fsp3) is 0.417. The Kier molecular flexibility index (Phi) is 1.67. The zero-order valence-electron chi connectivity index (χ0n) is 8.35. The van der Waals surface area contributed by atoms with Gasteiger partial charge in [-0.3, -0.25) is 4.79 Å². The first kappa shape index (κ1) is 8.89. The van der Waals surface area contributed by atoms with Crippen molar-refractivity contribution >= 4 is 5.91 Å². The molecule has 1 aliphatic carbocycles. The van der Waals surface area contributed by atoms with Crippen LogP contribution in [0.15, 0.2) is 18.2 Å². The van der Waals surface area contributed by atoms with Crippen LogP contribution in [0.1, 0.15) is 24.0 Å². The molecule has 1 unspecified atom stereocenters. The lowest BCUT2D eigenvalue weighted by molar-refractivity contribution is -0.119. The summed E-state index contributed by atoms with van der Waals surface area (Å²) >= 11 is 0. The summed E-state index contributed by atoms with van der Waals surface area (Å²) in [6, 6.07) is 4.94. The first-order valence-corrected chi connectivity index (χ1v) is 5.25. The molecule has 1 aliphatic heterocycles. The average Bonchev–Trinajstić information content (AvgIpc) is 2.73. The van der Waals surface area contributed by atoms with E-state index < -0.39 is 0 Å². The summed E-state index contributed by atoms with van der Waals surface area (Å²) < 4.78 is 13.0. The molecule has 1 fully saturated rings. The Hall–Kier alpha value is -1.38. The van der Waals surface area contributed by atoms with Gasteiger partial charge in [-0.1, -0.05) is 6.07 Å². The Balaban J connectivity index is 2.08. The van der Waals surface area contributed by atoms with Gasteiger partial charge >= 0.3 is 0 Å². The van der Waals surface area contributed by atoms with Gasteiger partial charge in [0.25, 0.3) is 0 Å². The van der Waals surface area contributed by atoms with Gasteiger partial charge in [-0.2, -0.15) is 0 Å². The van der Waals surface area contributed by atoms with Crippen molar-refractivity contribution in [2.24, 2.45) is 0 Å². The van der Waals surface area contributed by atoms with E-state index in [1.54, 1.807) is 6.07 Å². The molecular formula is C12H12FNO. The number of benzene rings is 1. The maximum atomic E-state index is 13.0. The van der Waals surface area contributed by atoms with Crippen molar-refractivity contribution in [2.75, 3.05) is 6.54 Å². The van der Waals surface area contributed by atoms with Gasteiger partial charge in [-0.05, 0) is 36.1 Å². The highest BCUT2D eigenvalue weighted by atomic mass is 19.1. The van der Waals surface area contributed by atoms with E-state index in [-0.39, 0.29) is 17.1 Å². The van der Waals surface area contributed by atoms with E-state index in [1.807, 2.05) is 6.07 Å². The molecule has 1 saturated heterocycles. The smallest absolute Gasteiger partial charge is 0.220 e. The number of carbonyl (C=O) groups excluding carboxylic acids is 1. The SMILES string of the molecule is O=C1CC2(CCc3cc(F)ccc32)CN1. The second-order valence-electron chi connectivity index (χ2n) is 4.54. The molecule has 3 heteroatoms. The van der Waals surface area contributed by atoms with Crippen molar-refractivity contribution in [3.8, 4) is 0 Å². The predicted octanol–water partition coefficient (Wildman–Crippen LogP) is 1.53.